The predicted molar refractivity (Wildman–Crippen MR) is 123 cm³/mol. The van der Waals surface area contributed by atoms with E-state index >= 15 is 0 Å². The van der Waals surface area contributed by atoms with Gasteiger partial charge in [0.25, 0.3) is 5.91 Å². The minimum Gasteiger partial charge on any atom is -0.496 e. The molecule has 166 valence electrons. The van der Waals surface area contributed by atoms with Crippen LogP contribution in [0.25, 0.3) is 0 Å². The van der Waals surface area contributed by atoms with Gasteiger partial charge in [-0.25, -0.2) is 0 Å². The molecule has 3 aromatic rings. The average molecular weight is 434 g/mol. The molecule has 0 atom stereocenters. The Bertz CT molecular complexity index is 1090. The van der Waals surface area contributed by atoms with Crippen molar-refractivity contribution in [2.45, 2.75) is 13.0 Å². The molecular formula is C26H27NO5. The number of nitrogens with zero attached hydrogens (tertiary/aromatic N) is 1. The first-order valence-corrected chi connectivity index (χ1v) is 10.2. The standard InChI is InChI=1S/C26H27NO5/c1-27(2)26(29)25-20(11-8-12-23(25)31-4)15-21(28)19-13-14-22(30-3)24(16-19)32-17-18-9-6-5-7-10-18/h5-14,16H,15,17H2,1-4H3. The van der Waals surface area contributed by atoms with Gasteiger partial charge in [0.15, 0.2) is 17.3 Å². The molecule has 6 heteroatoms. The second-order valence-corrected chi connectivity index (χ2v) is 7.43. The number of benzene rings is 3. The Hall–Kier alpha value is -3.80. The Morgan fingerprint density at radius 2 is 1.53 bits per heavy atom. The number of methoxy groups -OCH3 is 2. The SMILES string of the molecule is COc1ccc(C(=O)Cc2cccc(OC)c2C(=O)N(C)C)cc1OCc1ccccc1. The van der Waals surface area contributed by atoms with E-state index < -0.39 is 0 Å². The van der Waals surface area contributed by atoms with Crippen molar-refractivity contribution in [3.05, 3.63) is 89.0 Å². The number of amides is 1. The molecule has 0 bridgehead atoms. The number of hydrogen-bond acceptors (Lipinski definition) is 5. The number of ether oxygens (including phenoxy) is 3. The first kappa shape index (κ1) is 22.9. The summed E-state index contributed by atoms with van der Waals surface area (Å²) in [6.07, 6.45) is 0.0522. The summed E-state index contributed by atoms with van der Waals surface area (Å²) in [4.78, 5) is 27.3. The van der Waals surface area contributed by atoms with Crippen LogP contribution >= 0.6 is 0 Å². The minimum atomic E-state index is -0.216. The van der Waals surface area contributed by atoms with E-state index in [-0.39, 0.29) is 18.1 Å². The molecule has 0 N–H and O–H groups in total. The maximum atomic E-state index is 13.1. The molecule has 0 heterocycles. The summed E-state index contributed by atoms with van der Waals surface area (Å²) in [6, 6.07) is 20.1. The Morgan fingerprint density at radius 3 is 2.19 bits per heavy atom. The molecule has 0 saturated carbocycles. The highest BCUT2D eigenvalue weighted by Gasteiger charge is 2.21. The van der Waals surface area contributed by atoms with Crippen molar-refractivity contribution in [3.63, 3.8) is 0 Å². The largest absolute Gasteiger partial charge is 0.496 e. The molecule has 0 radical (unpaired) electrons. The smallest absolute Gasteiger partial charge is 0.257 e. The van der Waals surface area contributed by atoms with Gasteiger partial charge in [0.05, 0.1) is 19.8 Å². The van der Waals surface area contributed by atoms with Crippen LogP contribution in [0.3, 0.4) is 0 Å². The third-order valence-electron chi connectivity index (χ3n) is 5.03. The molecule has 0 unspecified atom stereocenters. The fourth-order valence-corrected chi connectivity index (χ4v) is 3.33. The van der Waals surface area contributed by atoms with Crippen molar-refractivity contribution in [3.8, 4) is 17.2 Å². The van der Waals surface area contributed by atoms with Crippen LogP contribution in [0.15, 0.2) is 66.7 Å². The molecule has 0 saturated heterocycles. The van der Waals surface area contributed by atoms with Gasteiger partial charge in [-0.2, -0.15) is 0 Å². The lowest BCUT2D eigenvalue weighted by Crippen LogP contribution is -2.24. The van der Waals surface area contributed by atoms with Gasteiger partial charge >= 0.3 is 0 Å². The molecule has 0 aliphatic carbocycles. The van der Waals surface area contributed by atoms with Crippen LogP contribution in [0.1, 0.15) is 31.8 Å². The molecule has 3 rings (SSSR count). The van der Waals surface area contributed by atoms with Crippen LogP contribution < -0.4 is 14.2 Å². The van der Waals surface area contributed by atoms with Crippen molar-refractivity contribution in [1.82, 2.24) is 4.90 Å². The molecule has 32 heavy (non-hydrogen) atoms. The van der Waals surface area contributed by atoms with Gasteiger partial charge in [-0.1, -0.05) is 42.5 Å². The summed E-state index contributed by atoms with van der Waals surface area (Å²) in [6.45, 7) is 0.353. The first-order valence-electron chi connectivity index (χ1n) is 10.2. The molecule has 3 aromatic carbocycles. The molecule has 6 nitrogen and oxygen atoms in total. The van der Waals surface area contributed by atoms with E-state index in [1.807, 2.05) is 30.3 Å². The van der Waals surface area contributed by atoms with Crippen LogP contribution in [0.5, 0.6) is 17.2 Å². The molecule has 1 amide bonds. The van der Waals surface area contributed by atoms with Crippen LogP contribution in [0.4, 0.5) is 0 Å². The fourth-order valence-electron chi connectivity index (χ4n) is 3.33. The molecular weight excluding hydrogens is 406 g/mol. The Morgan fingerprint density at radius 1 is 0.812 bits per heavy atom. The maximum absolute atomic E-state index is 13.1. The highest BCUT2D eigenvalue weighted by Crippen LogP contribution is 2.30. The van der Waals surface area contributed by atoms with Crippen molar-refractivity contribution >= 4 is 11.7 Å². The monoisotopic (exact) mass is 433 g/mol. The van der Waals surface area contributed by atoms with Crippen LogP contribution in [0, 0.1) is 0 Å². The minimum absolute atomic E-state index is 0.0522. The zero-order valence-electron chi connectivity index (χ0n) is 18.8. The van der Waals surface area contributed by atoms with Crippen LogP contribution in [-0.4, -0.2) is 44.9 Å². The van der Waals surface area contributed by atoms with Crippen LogP contribution in [-0.2, 0) is 13.0 Å². The Kier molecular flexibility index (Phi) is 7.49. The highest BCUT2D eigenvalue weighted by atomic mass is 16.5. The molecule has 0 aromatic heterocycles. The van der Waals surface area contributed by atoms with E-state index in [4.69, 9.17) is 14.2 Å². The summed E-state index contributed by atoms with van der Waals surface area (Å²) in [5, 5.41) is 0. The normalized spacial score (nSPS) is 10.4. The van der Waals surface area contributed by atoms with Gasteiger partial charge in [-0.3, -0.25) is 9.59 Å². The molecule has 0 aliphatic heterocycles. The zero-order valence-corrected chi connectivity index (χ0v) is 18.8. The molecule has 0 aliphatic rings. The maximum Gasteiger partial charge on any atom is 0.257 e. The number of rotatable bonds is 9. The molecule has 0 fully saturated rings. The summed E-state index contributed by atoms with van der Waals surface area (Å²) < 4.78 is 16.7. The number of carbonyl (C=O) groups excluding carboxylic acids is 2. The zero-order chi connectivity index (χ0) is 23.1. The van der Waals surface area contributed by atoms with E-state index in [9.17, 15) is 9.59 Å². The van der Waals surface area contributed by atoms with E-state index in [0.717, 1.165) is 5.56 Å². The number of ketones is 1. The predicted octanol–water partition coefficient (Wildman–Crippen LogP) is 4.41. The number of carbonyl (C=O) groups is 2. The number of hydrogen-bond donors (Lipinski definition) is 0. The summed E-state index contributed by atoms with van der Waals surface area (Å²) in [7, 11) is 6.40. The lowest BCUT2D eigenvalue weighted by atomic mass is 9.97. The average Bonchev–Trinajstić information content (AvgIpc) is 2.82. The first-order chi connectivity index (χ1) is 15.4. The summed E-state index contributed by atoms with van der Waals surface area (Å²) in [5.74, 6) is 1.11. The molecule has 0 spiro atoms. The van der Waals surface area contributed by atoms with Gasteiger partial charge in [0.1, 0.15) is 12.4 Å². The van der Waals surface area contributed by atoms with E-state index in [0.29, 0.717) is 40.5 Å². The quantitative estimate of drug-likeness (QED) is 0.468. The van der Waals surface area contributed by atoms with Crippen molar-refractivity contribution in [2.24, 2.45) is 0 Å². The fraction of sp³-hybridized carbons (Fsp3) is 0.231. The van der Waals surface area contributed by atoms with Crippen molar-refractivity contribution < 1.29 is 23.8 Å². The Balaban J connectivity index is 1.86. The second kappa shape index (κ2) is 10.5. The summed E-state index contributed by atoms with van der Waals surface area (Å²) in [5.41, 5.74) is 2.48. The summed E-state index contributed by atoms with van der Waals surface area (Å²) >= 11 is 0. The van der Waals surface area contributed by atoms with Gasteiger partial charge in [-0.05, 0) is 35.4 Å². The second-order valence-electron chi connectivity index (χ2n) is 7.43. The van der Waals surface area contributed by atoms with E-state index in [1.165, 1.54) is 12.0 Å². The van der Waals surface area contributed by atoms with E-state index in [1.54, 1.807) is 57.6 Å². The van der Waals surface area contributed by atoms with E-state index in [2.05, 4.69) is 0 Å². The lowest BCUT2D eigenvalue weighted by Gasteiger charge is -2.17. The Labute approximate surface area is 188 Å². The van der Waals surface area contributed by atoms with Gasteiger partial charge in [0, 0.05) is 26.1 Å². The third kappa shape index (κ3) is 5.27. The lowest BCUT2D eigenvalue weighted by molar-refractivity contribution is 0.0823. The van der Waals surface area contributed by atoms with Gasteiger partial charge in [0.2, 0.25) is 0 Å². The number of Topliss-reactive ketones (excluding diaryl/α,β-unsaturated/α-hetero) is 1. The topological polar surface area (TPSA) is 65.1 Å². The van der Waals surface area contributed by atoms with Crippen molar-refractivity contribution in [2.75, 3.05) is 28.3 Å². The van der Waals surface area contributed by atoms with Gasteiger partial charge in [-0.15, -0.1) is 0 Å². The van der Waals surface area contributed by atoms with Crippen molar-refractivity contribution in [1.29, 1.82) is 0 Å². The third-order valence-corrected chi connectivity index (χ3v) is 5.03. The van der Waals surface area contributed by atoms with Crippen LogP contribution in [0.2, 0.25) is 0 Å². The highest BCUT2D eigenvalue weighted by molar-refractivity contribution is 6.02. The van der Waals surface area contributed by atoms with Gasteiger partial charge < -0.3 is 19.1 Å².